The number of hydrogen-bond donors (Lipinski definition) is 1. The summed E-state index contributed by atoms with van der Waals surface area (Å²) < 4.78 is 0. The van der Waals surface area contributed by atoms with Crippen molar-refractivity contribution in [3.8, 4) is 12.3 Å². The molecular formula is C14H19N3. The lowest BCUT2D eigenvalue weighted by Gasteiger charge is -2.02. The molecule has 3 nitrogen and oxygen atoms in total. The predicted octanol–water partition coefficient (Wildman–Crippen LogP) is 2.82. The van der Waals surface area contributed by atoms with Gasteiger partial charge in [0.2, 0.25) is 0 Å². The van der Waals surface area contributed by atoms with Crippen LogP contribution in [0, 0.1) is 12.3 Å². The van der Waals surface area contributed by atoms with Crippen LogP contribution in [0.15, 0.2) is 46.2 Å². The van der Waals surface area contributed by atoms with Crippen molar-refractivity contribution in [3.63, 3.8) is 0 Å². The number of terminal acetylenes is 1. The summed E-state index contributed by atoms with van der Waals surface area (Å²) in [5, 5.41) is 0. The average molecular weight is 229 g/mol. The standard InChI is InChI=1S/C14H19N3/c1-6-8-14(17-9-11(3)4)13(7-2)10-16-12(5)15/h1,7,9-10H,2,8H2,3-5H3,(H2,15,16)/b13-10+,17-14+. The normalized spacial score (nSPS) is 12.9. The second-order valence-corrected chi connectivity index (χ2v) is 3.72. The quantitative estimate of drug-likeness (QED) is 0.335. The number of rotatable bonds is 5. The highest BCUT2D eigenvalue weighted by molar-refractivity contribution is 6.04. The van der Waals surface area contributed by atoms with Crippen LogP contribution in [0.1, 0.15) is 27.2 Å². The molecule has 0 bridgehead atoms. The first-order valence-corrected chi connectivity index (χ1v) is 5.27. The summed E-state index contributed by atoms with van der Waals surface area (Å²) in [6.45, 7) is 9.37. The Morgan fingerprint density at radius 1 is 1.29 bits per heavy atom. The van der Waals surface area contributed by atoms with E-state index in [1.54, 1.807) is 25.4 Å². The Kier molecular flexibility index (Phi) is 7.12. The van der Waals surface area contributed by atoms with Crippen LogP contribution in [0.3, 0.4) is 0 Å². The van der Waals surface area contributed by atoms with Crippen LogP contribution in [-0.2, 0) is 0 Å². The Morgan fingerprint density at radius 2 is 1.94 bits per heavy atom. The Balaban J connectivity index is 5.29. The molecule has 0 amide bonds. The molecule has 0 fully saturated rings. The summed E-state index contributed by atoms with van der Waals surface area (Å²) in [5.74, 6) is 3.04. The summed E-state index contributed by atoms with van der Waals surface area (Å²) >= 11 is 0. The molecule has 3 heteroatoms. The topological polar surface area (TPSA) is 50.7 Å². The Hall–Kier alpha value is -2.08. The van der Waals surface area contributed by atoms with E-state index in [1.807, 2.05) is 13.8 Å². The van der Waals surface area contributed by atoms with Crippen LogP contribution < -0.4 is 5.73 Å². The molecule has 0 radical (unpaired) electrons. The Labute approximate surface area is 104 Å². The fourth-order valence-electron chi connectivity index (χ4n) is 0.942. The molecule has 2 N–H and O–H groups in total. The van der Waals surface area contributed by atoms with Gasteiger partial charge in [-0.3, -0.25) is 4.99 Å². The highest BCUT2D eigenvalue weighted by Crippen LogP contribution is 2.06. The van der Waals surface area contributed by atoms with Crippen molar-refractivity contribution in [1.82, 2.24) is 0 Å². The van der Waals surface area contributed by atoms with Crippen molar-refractivity contribution in [3.05, 3.63) is 36.2 Å². The van der Waals surface area contributed by atoms with Gasteiger partial charge in [0.1, 0.15) is 0 Å². The Bertz CT molecular complexity index is 421. The average Bonchev–Trinajstić information content (AvgIpc) is 2.25. The van der Waals surface area contributed by atoms with Gasteiger partial charge in [-0.05, 0) is 20.8 Å². The number of amidine groups is 1. The van der Waals surface area contributed by atoms with Crippen molar-refractivity contribution in [2.75, 3.05) is 0 Å². The lowest BCUT2D eigenvalue weighted by molar-refractivity contribution is 1.31. The predicted molar refractivity (Wildman–Crippen MR) is 75.9 cm³/mol. The molecule has 0 spiro atoms. The van der Waals surface area contributed by atoms with Gasteiger partial charge < -0.3 is 5.73 Å². The zero-order valence-electron chi connectivity index (χ0n) is 10.7. The molecule has 0 aliphatic rings. The van der Waals surface area contributed by atoms with E-state index in [-0.39, 0.29) is 0 Å². The zero-order valence-corrected chi connectivity index (χ0v) is 10.7. The number of hydrogen-bond acceptors (Lipinski definition) is 2. The van der Waals surface area contributed by atoms with E-state index >= 15 is 0 Å². The molecule has 0 rings (SSSR count). The smallest absolute Gasteiger partial charge is 0.0957 e. The van der Waals surface area contributed by atoms with Crippen molar-refractivity contribution in [2.45, 2.75) is 27.2 Å². The minimum absolute atomic E-state index is 0.431. The third kappa shape index (κ3) is 6.91. The van der Waals surface area contributed by atoms with E-state index in [0.29, 0.717) is 12.3 Å². The van der Waals surface area contributed by atoms with Gasteiger partial charge in [0.25, 0.3) is 0 Å². The Morgan fingerprint density at radius 3 is 2.35 bits per heavy atom. The fraction of sp³-hybridized carbons (Fsp3) is 0.286. The molecule has 0 atom stereocenters. The molecule has 90 valence electrons. The number of aliphatic imine (C=N–C) groups is 2. The van der Waals surface area contributed by atoms with Gasteiger partial charge in [-0.15, -0.1) is 12.3 Å². The largest absolute Gasteiger partial charge is 0.387 e. The summed E-state index contributed by atoms with van der Waals surface area (Å²) in [4.78, 5) is 8.34. The van der Waals surface area contributed by atoms with Crippen LogP contribution in [0.25, 0.3) is 0 Å². The molecule has 0 unspecified atom stereocenters. The summed E-state index contributed by atoms with van der Waals surface area (Å²) in [6, 6.07) is 0. The molecule has 0 aromatic heterocycles. The van der Waals surface area contributed by atoms with Crippen molar-refractivity contribution in [2.24, 2.45) is 15.7 Å². The maximum absolute atomic E-state index is 5.47. The second kappa shape index (κ2) is 8.12. The van der Waals surface area contributed by atoms with Gasteiger partial charge in [0.15, 0.2) is 0 Å². The number of nitrogens with zero attached hydrogens (tertiary/aromatic N) is 2. The number of allylic oxidation sites excluding steroid dienone is 3. The van der Waals surface area contributed by atoms with Crippen molar-refractivity contribution in [1.29, 1.82) is 0 Å². The van der Waals surface area contributed by atoms with Crippen molar-refractivity contribution < 1.29 is 0 Å². The van der Waals surface area contributed by atoms with Crippen LogP contribution in [0.5, 0.6) is 0 Å². The molecule has 0 saturated heterocycles. The molecular weight excluding hydrogens is 210 g/mol. The van der Waals surface area contributed by atoms with E-state index in [2.05, 4.69) is 22.5 Å². The minimum atomic E-state index is 0.431. The van der Waals surface area contributed by atoms with Crippen LogP contribution in [0.2, 0.25) is 0 Å². The third-order valence-corrected chi connectivity index (χ3v) is 1.71. The van der Waals surface area contributed by atoms with Gasteiger partial charge >= 0.3 is 0 Å². The maximum Gasteiger partial charge on any atom is 0.0957 e. The summed E-state index contributed by atoms with van der Waals surface area (Å²) in [6.07, 6.45) is 10.8. The van der Waals surface area contributed by atoms with Gasteiger partial charge in [-0.25, -0.2) is 4.99 Å². The number of nitrogens with two attached hydrogens (primary N) is 1. The molecule has 17 heavy (non-hydrogen) atoms. The molecule has 0 aromatic rings. The fourth-order valence-corrected chi connectivity index (χ4v) is 0.942. The molecule has 0 aromatic carbocycles. The summed E-state index contributed by atoms with van der Waals surface area (Å²) in [7, 11) is 0. The van der Waals surface area contributed by atoms with Crippen LogP contribution in [-0.4, -0.2) is 11.5 Å². The molecule has 0 aliphatic carbocycles. The van der Waals surface area contributed by atoms with Crippen molar-refractivity contribution >= 4 is 11.5 Å². The maximum atomic E-state index is 5.47. The van der Waals surface area contributed by atoms with E-state index in [1.165, 1.54) is 0 Å². The van der Waals surface area contributed by atoms with Gasteiger partial charge in [0.05, 0.1) is 18.0 Å². The molecule has 0 heterocycles. The van der Waals surface area contributed by atoms with Crippen LogP contribution in [0.4, 0.5) is 0 Å². The first-order chi connectivity index (χ1) is 8.01. The monoisotopic (exact) mass is 229 g/mol. The first kappa shape index (κ1) is 14.9. The lowest BCUT2D eigenvalue weighted by atomic mass is 10.1. The first-order valence-electron chi connectivity index (χ1n) is 5.27. The minimum Gasteiger partial charge on any atom is -0.387 e. The highest BCUT2D eigenvalue weighted by Gasteiger charge is 2.01. The third-order valence-electron chi connectivity index (χ3n) is 1.71. The van der Waals surface area contributed by atoms with Gasteiger partial charge in [-0.2, -0.15) is 0 Å². The highest BCUT2D eigenvalue weighted by atomic mass is 14.8. The van der Waals surface area contributed by atoms with E-state index in [9.17, 15) is 0 Å². The molecule has 0 aliphatic heterocycles. The SMILES string of the molecule is C#CCC(=N\C=C(C)C)/C(C=C)=C/N=C(\C)N. The van der Waals surface area contributed by atoms with Gasteiger partial charge in [0, 0.05) is 18.0 Å². The lowest BCUT2D eigenvalue weighted by Crippen LogP contribution is -2.05. The van der Waals surface area contributed by atoms with E-state index in [4.69, 9.17) is 12.2 Å². The van der Waals surface area contributed by atoms with Gasteiger partial charge in [-0.1, -0.05) is 18.2 Å². The zero-order chi connectivity index (χ0) is 13.3. The van der Waals surface area contributed by atoms with E-state index < -0.39 is 0 Å². The van der Waals surface area contributed by atoms with E-state index in [0.717, 1.165) is 16.9 Å². The summed E-state index contributed by atoms with van der Waals surface area (Å²) in [5.41, 5.74) is 8.11. The van der Waals surface area contributed by atoms with Crippen LogP contribution >= 0.6 is 0 Å². The second-order valence-electron chi connectivity index (χ2n) is 3.72. The molecule has 0 saturated carbocycles.